The molecule has 8 atom stereocenters. The van der Waals surface area contributed by atoms with Crippen LogP contribution < -0.4 is 53.2 Å². The first kappa shape index (κ1) is 69.4. The molecule has 7 unspecified atom stereocenters. The third-order valence-corrected chi connectivity index (χ3v) is 13.2. The van der Waals surface area contributed by atoms with Crippen LogP contribution >= 0.6 is 0 Å². The van der Waals surface area contributed by atoms with Gasteiger partial charge in [0.1, 0.15) is 46.8 Å². The number of hydrogen-bond acceptors (Lipinski definition) is 12. The van der Waals surface area contributed by atoms with Crippen molar-refractivity contribution < 1.29 is 53.1 Å². The third kappa shape index (κ3) is 23.9. The number of carbonyl (C=O) groups excluding carboxylic acids is 10. The molecular weight excluding hydrogens is 991 g/mol. The Balaban J connectivity index is 3.26. The number of likely N-dealkylation sites (N-methyl/N-ethyl adjacent to an activating group) is 1. The molecule has 1 aliphatic heterocycles. The molecule has 22 nitrogen and oxygen atoms in total. The molecule has 0 aromatic carbocycles. The fraction of sp³-hybridized carbons (Fsp3) is 0.782. The Kier molecular flexibility index (Phi) is 28.5. The lowest BCUT2D eigenvalue weighted by atomic mass is 9.95. The van der Waals surface area contributed by atoms with Gasteiger partial charge in [-0.15, -0.1) is 0 Å². The summed E-state index contributed by atoms with van der Waals surface area (Å²) in [7, 11) is 1.77. The lowest BCUT2D eigenvalue weighted by molar-refractivity contribution is -0.140. The fourth-order valence-electron chi connectivity index (χ4n) is 8.32. The number of nitrogens with one attached hydrogen (secondary N) is 10. The van der Waals surface area contributed by atoms with Crippen LogP contribution in [0, 0.1) is 29.6 Å². The van der Waals surface area contributed by atoms with E-state index < -0.39 is 106 Å². The molecule has 1 heterocycles. The third-order valence-electron chi connectivity index (χ3n) is 13.2. The summed E-state index contributed by atoms with van der Waals surface area (Å²) in [5.41, 5.74) is -4.81. The van der Waals surface area contributed by atoms with E-state index in [1.807, 2.05) is 62.3 Å². The molecule has 0 radical (unpaired) electrons. The van der Waals surface area contributed by atoms with Gasteiger partial charge in [0, 0.05) is 32.1 Å². The Morgan fingerprint density at radius 1 is 0.610 bits per heavy atom. The van der Waals surface area contributed by atoms with Crippen LogP contribution in [0.2, 0.25) is 0 Å². The van der Waals surface area contributed by atoms with E-state index in [4.69, 9.17) is 0 Å². The highest BCUT2D eigenvalue weighted by Gasteiger charge is 2.42. The SMILES string of the molecule is CC[C@@H](C)/C=C/C(=O)N1CCCC1C(=O)NC(CC(C)C)C(=O)NC(C(=O)NC(C)(C)C(=O)NC(CC(C)C)C(=O)NC(CC(C)C)C(=O)NC(C)(C)C(=O)NC(C)(C)C(=O)NCCC(=O)NC(C)CNC)C(O)C(C)C. The van der Waals surface area contributed by atoms with Crippen molar-refractivity contribution in [2.24, 2.45) is 29.6 Å². The van der Waals surface area contributed by atoms with E-state index >= 15 is 0 Å². The summed E-state index contributed by atoms with van der Waals surface area (Å²) in [5, 5.41) is 38.7. The number of allylic oxidation sites excluding steroid dienone is 1. The quantitative estimate of drug-likeness (QED) is 0.0428. The average Bonchev–Trinajstić information content (AvgIpc) is 3.81. The second-order valence-corrected chi connectivity index (χ2v) is 24.0. The minimum atomic E-state index is -1.75. The van der Waals surface area contributed by atoms with Crippen LogP contribution in [0.15, 0.2) is 12.2 Å². The number of likely N-dealkylation sites (tertiary alicyclic amines) is 1. The van der Waals surface area contributed by atoms with Gasteiger partial charge in [-0.25, -0.2) is 0 Å². The largest absolute Gasteiger partial charge is 0.390 e. The Labute approximate surface area is 458 Å². The summed E-state index contributed by atoms with van der Waals surface area (Å²) in [6.07, 6.45) is 4.10. The first-order valence-electron chi connectivity index (χ1n) is 27.6. The zero-order valence-corrected chi connectivity index (χ0v) is 49.6. The molecule has 0 aromatic rings. The lowest BCUT2D eigenvalue weighted by Crippen LogP contribution is -2.66. The molecular formula is C55H99N11O11. The maximum Gasteiger partial charge on any atom is 0.246 e. The maximum absolute atomic E-state index is 14.2. The van der Waals surface area contributed by atoms with Gasteiger partial charge in [0.15, 0.2) is 0 Å². The molecule has 1 aliphatic rings. The number of aliphatic hydroxyl groups excluding tert-OH is 1. The Bertz CT molecular complexity index is 2050. The lowest BCUT2D eigenvalue weighted by Gasteiger charge is -2.34. The predicted octanol–water partition coefficient (Wildman–Crippen LogP) is 1.59. The van der Waals surface area contributed by atoms with Crippen LogP contribution in [0.4, 0.5) is 0 Å². The van der Waals surface area contributed by atoms with Crippen LogP contribution in [-0.2, 0) is 47.9 Å². The minimum Gasteiger partial charge on any atom is -0.390 e. The summed E-state index contributed by atoms with van der Waals surface area (Å²) in [6, 6.07) is -6.08. The molecule has 1 fully saturated rings. The first-order chi connectivity index (χ1) is 35.5. The highest BCUT2D eigenvalue weighted by Crippen LogP contribution is 2.21. The first-order valence-corrected chi connectivity index (χ1v) is 27.6. The zero-order valence-electron chi connectivity index (χ0n) is 49.6. The molecule has 22 heteroatoms. The minimum absolute atomic E-state index is 0.0167. The molecule has 1 rings (SSSR count). The second-order valence-electron chi connectivity index (χ2n) is 24.0. The molecule has 0 spiro atoms. The number of nitrogens with zero attached hydrogens (tertiary/aromatic N) is 1. The maximum atomic E-state index is 14.2. The van der Waals surface area contributed by atoms with Crippen LogP contribution in [0.1, 0.15) is 163 Å². The van der Waals surface area contributed by atoms with Gasteiger partial charge in [0.25, 0.3) is 0 Å². The van der Waals surface area contributed by atoms with Gasteiger partial charge in [-0.2, -0.15) is 0 Å². The highest BCUT2D eigenvalue weighted by molar-refractivity contribution is 6.00. The van der Waals surface area contributed by atoms with Gasteiger partial charge >= 0.3 is 0 Å². The van der Waals surface area contributed by atoms with E-state index in [0.717, 1.165) is 6.42 Å². The van der Waals surface area contributed by atoms with Crippen molar-refractivity contribution in [1.29, 1.82) is 0 Å². The van der Waals surface area contributed by atoms with Crippen LogP contribution in [-0.4, -0.2) is 155 Å². The Morgan fingerprint density at radius 2 is 1.10 bits per heavy atom. The molecule has 11 N–H and O–H groups in total. The molecule has 0 aliphatic carbocycles. The van der Waals surface area contributed by atoms with E-state index in [1.54, 1.807) is 27.0 Å². The molecule has 1 saturated heterocycles. The van der Waals surface area contributed by atoms with Gasteiger partial charge in [0.2, 0.25) is 59.1 Å². The second kappa shape index (κ2) is 31.7. The number of hydrogen-bond donors (Lipinski definition) is 11. The topological polar surface area (TPSA) is 314 Å². The summed E-state index contributed by atoms with van der Waals surface area (Å²) < 4.78 is 0. The predicted molar refractivity (Wildman–Crippen MR) is 296 cm³/mol. The average molecular weight is 1090 g/mol. The van der Waals surface area contributed by atoms with E-state index in [0.29, 0.717) is 25.9 Å². The van der Waals surface area contributed by atoms with E-state index in [2.05, 4.69) is 53.2 Å². The van der Waals surface area contributed by atoms with Gasteiger partial charge < -0.3 is 63.2 Å². The molecule has 77 heavy (non-hydrogen) atoms. The zero-order chi connectivity index (χ0) is 59.3. The van der Waals surface area contributed by atoms with Gasteiger partial charge in [-0.3, -0.25) is 47.9 Å². The van der Waals surface area contributed by atoms with Crippen LogP contribution in [0.3, 0.4) is 0 Å². The van der Waals surface area contributed by atoms with Gasteiger partial charge in [0.05, 0.1) is 6.10 Å². The molecule has 0 saturated carbocycles. The fourth-order valence-corrected chi connectivity index (χ4v) is 8.32. The molecule has 0 aromatic heterocycles. The van der Waals surface area contributed by atoms with Crippen LogP contribution in [0.25, 0.3) is 0 Å². The number of aliphatic hydroxyl groups is 1. The van der Waals surface area contributed by atoms with E-state index in [1.165, 1.54) is 52.5 Å². The van der Waals surface area contributed by atoms with Crippen molar-refractivity contribution in [1.82, 2.24) is 58.1 Å². The van der Waals surface area contributed by atoms with Crippen molar-refractivity contribution in [3.8, 4) is 0 Å². The summed E-state index contributed by atoms with van der Waals surface area (Å²) in [5.74, 6) is -7.01. The van der Waals surface area contributed by atoms with Crippen molar-refractivity contribution in [2.45, 2.75) is 222 Å². The summed E-state index contributed by atoms with van der Waals surface area (Å²) in [6.45, 7) is 29.7. The normalized spacial score (nSPS) is 16.9. The Hall–Kier alpha value is -5.64. The van der Waals surface area contributed by atoms with E-state index in [-0.39, 0.29) is 73.8 Å². The van der Waals surface area contributed by atoms with E-state index in [9.17, 15) is 53.1 Å². The molecule has 0 bridgehead atoms. The van der Waals surface area contributed by atoms with Gasteiger partial charge in [-0.1, -0.05) is 81.7 Å². The monoisotopic (exact) mass is 1090 g/mol. The highest BCUT2D eigenvalue weighted by atomic mass is 16.3. The van der Waals surface area contributed by atoms with Crippen molar-refractivity contribution >= 4 is 59.1 Å². The Morgan fingerprint density at radius 3 is 1.62 bits per heavy atom. The molecule has 440 valence electrons. The number of rotatable bonds is 32. The van der Waals surface area contributed by atoms with Crippen LogP contribution in [0.5, 0.6) is 0 Å². The number of amides is 10. The van der Waals surface area contributed by atoms with Crippen molar-refractivity contribution in [3.63, 3.8) is 0 Å². The summed E-state index contributed by atoms with van der Waals surface area (Å²) in [4.78, 5) is 138. The van der Waals surface area contributed by atoms with Gasteiger partial charge in [-0.05, 0) is 123 Å². The number of carbonyl (C=O) groups is 10. The molecule has 10 amide bonds. The smallest absolute Gasteiger partial charge is 0.246 e. The standard InChI is InChI=1S/C55H99N11O11/c1-19-35(10)22-23-42(68)66-26-20-21-40(66)48(73)60-37(27-31(2)3)46(71)62-43(44(69)34(8)9)49(74)64-54(14,15)51(76)61-38(28-32(4)5)45(70)59-39(29-33(6)7)47(72)63-55(16,17)52(77)65-53(12,13)50(75)57-25-24-41(67)58-36(11)30-56-18/h22-23,31-40,43-44,56,69H,19-21,24-30H2,1-18H3,(H,57,75)(H,58,67)(H,59,70)(H,60,73)(H,61,76)(H,62,71)(H,63,72)(H,64,74)(H,65,77)/b23-22+/t35-,36?,37?,38?,39?,40?,43?,44?/m1/s1. The van der Waals surface area contributed by atoms with Crippen molar-refractivity contribution in [2.75, 3.05) is 26.7 Å². The van der Waals surface area contributed by atoms with Crippen molar-refractivity contribution in [3.05, 3.63) is 12.2 Å². The summed E-state index contributed by atoms with van der Waals surface area (Å²) >= 11 is 0.